The lowest BCUT2D eigenvalue weighted by Gasteiger charge is -2.09. The molecule has 0 aromatic heterocycles. The second-order valence-electron chi connectivity index (χ2n) is 3.17. The summed E-state index contributed by atoms with van der Waals surface area (Å²) in [6.45, 7) is 6.53. The maximum atomic E-state index is 8.60. The zero-order valence-electron chi connectivity index (χ0n) is 8.53. The topological polar surface area (TPSA) is 185 Å². The number of rotatable bonds is 0. The van der Waals surface area contributed by atoms with Crippen LogP contribution in [0.3, 0.4) is 0 Å². The molecule has 0 unspecified atom stereocenters. The van der Waals surface area contributed by atoms with E-state index in [4.69, 9.17) is 37.3 Å². The minimum Gasteiger partial charge on any atom is -0.288 e. The first kappa shape index (κ1) is 17.2. The molecule has 0 saturated carbocycles. The van der Waals surface area contributed by atoms with Gasteiger partial charge in [0.05, 0.1) is 36.5 Å². The lowest BCUT2D eigenvalue weighted by molar-refractivity contribution is -1.92. The third kappa shape index (κ3) is 16.2. The van der Waals surface area contributed by atoms with Gasteiger partial charge in [-0.2, -0.15) is 28.0 Å². The Labute approximate surface area is 101 Å². The lowest BCUT2D eigenvalue weighted by atomic mass is 10.4. The first-order valence-electron chi connectivity index (χ1n) is 4.16. The largest absolute Gasteiger partial charge is 0.288 e. The first-order chi connectivity index (χ1) is 7.45. The lowest BCUT2D eigenvalue weighted by Crippen LogP contribution is -2.58. The predicted molar refractivity (Wildman–Crippen MR) is 32.5 cm³/mol. The second kappa shape index (κ2) is 6.94. The molecule has 0 aliphatic carbocycles. The number of fused-ring (bicyclic) bond motifs is 2. The van der Waals surface area contributed by atoms with Crippen LogP contribution >= 0.6 is 0 Å². The summed E-state index contributed by atoms with van der Waals surface area (Å²) >= 11 is 0. The molecule has 2 heterocycles. The van der Waals surface area contributed by atoms with Gasteiger partial charge in [-0.1, -0.05) is 0 Å². The summed E-state index contributed by atoms with van der Waals surface area (Å²) in [7, 11) is -9.39. The van der Waals surface area contributed by atoms with E-state index in [-0.39, 0.29) is 0 Å². The van der Waals surface area contributed by atoms with Crippen molar-refractivity contribution in [3.8, 4) is 0 Å². The van der Waals surface area contributed by atoms with Crippen molar-refractivity contribution in [2.24, 2.45) is 0 Å². The first-order valence-corrected chi connectivity index (χ1v) is 6.69. The zero-order valence-corrected chi connectivity index (χ0v) is 10.0. The van der Waals surface area contributed by atoms with E-state index < -0.39 is 20.5 Å². The van der Waals surface area contributed by atoms with Crippen LogP contribution in [0.5, 0.6) is 0 Å². The van der Waals surface area contributed by atoms with Gasteiger partial charge in [-0.25, -0.2) is 0 Å². The minimum absolute atomic E-state index is 1.25. The fourth-order valence-electron chi connectivity index (χ4n) is 1.35. The van der Waals surface area contributed by atoms with Crippen LogP contribution < -0.4 is 28.0 Å². The number of hydrogen-bond donors (Lipinski definition) is 2. The third-order valence-corrected chi connectivity index (χ3v) is 1.86. The molecular formula is C5H12Cl2N2O8. The molecule has 2 rings (SSSR count). The highest BCUT2D eigenvalue weighted by Crippen LogP contribution is 2.10. The normalized spacial score (nSPS) is 26.8. The highest BCUT2D eigenvalue weighted by Gasteiger charge is 2.25. The molecule has 0 atom stereocenters. The van der Waals surface area contributed by atoms with Gasteiger partial charge in [-0.3, -0.25) is 9.80 Å². The van der Waals surface area contributed by atoms with Gasteiger partial charge in [0, 0.05) is 26.2 Å². The summed E-state index contributed by atoms with van der Waals surface area (Å²) in [4.78, 5) is 4.97. The van der Waals surface area contributed by atoms with Crippen molar-refractivity contribution >= 4 is 0 Å². The van der Waals surface area contributed by atoms with Crippen molar-refractivity contribution in [2.45, 2.75) is 0 Å². The van der Waals surface area contributed by atoms with E-state index in [1.807, 2.05) is 0 Å². The molecule has 0 spiro atoms. The summed E-state index contributed by atoms with van der Waals surface area (Å²) in [5, 5.41) is 0. The maximum Gasteiger partial charge on any atom is 0.0777 e. The molecule has 10 nitrogen and oxygen atoms in total. The van der Waals surface area contributed by atoms with Gasteiger partial charge in [0.15, 0.2) is 0 Å². The summed E-state index contributed by atoms with van der Waals surface area (Å²) in [5.74, 6) is 0. The van der Waals surface area contributed by atoms with E-state index in [2.05, 4.69) is 9.80 Å². The van der Waals surface area contributed by atoms with Crippen LogP contribution in [0.15, 0.2) is 0 Å². The number of piperazine rings is 1. The van der Waals surface area contributed by atoms with E-state index in [0.717, 1.165) is 0 Å². The molecular weight excluding hydrogens is 287 g/mol. The Morgan fingerprint density at radius 3 is 0.882 bits per heavy atom. The molecule has 17 heavy (non-hydrogen) atoms. The van der Waals surface area contributed by atoms with Crippen LogP contribution in [0.1, 0.15) is 0 Å². The van der Waals surface area contributed by atoms with Gasteiger partial charge in [0.1, 0.15) is 0 Å². The van der Waals surface area contributed by atoms with E-state index in [1.54, 1.807) is 0 Å². The number of hydrogen-bond acceptors (Lipinski definition) is 10. The second-order valence-corrected chi connectivity index (χ2v) is 4.75. The standard InChI is InChI=1S/C5H10N2.2ClHO4/c1-2-7-4-3-6(1)5-7;2*2-1(3,4)5/h1-5H2;2*(H,2,3,4,5). The molecule has 0 aromatic carbocycles. The molecule has 2 aliphatic heterocycles. The van der Waals surface area contributed by atoms with Gasteiger partial charge in [-0.05, 0) is 0 Å². The van der Waals surface area contributed by atoms with E-state index in [0.29, 0.717) is 0 Å². The van der Waals surface area contributed by atoms with Crippen LogP contribution in [0.2, 0.25) is 0 Å². The SMILES string of the molecule is C1CN2CCN1C2.[O-][Cl+3]([O-])([O-])O.[O-][Cl+3]([O-])([O-])O. The highest BCUT2D eigenvalue weighted by atomic mass is 35.7. The Kier molecular flexibility index (Phi) is 7.01. The molecule has 12 heteroatoms. The van der Waals surface area contributed by atoms with Crippen LogP contribution in [0.25, 0.3) is 0 Å². The molecule has 2 N–H and O–H groups in total. The number of nitrogens with zero attached hydrogens (tertiary/aromatic N) is 2. The molecule has 0 aromatic rings. The molecule has 0 amide bonds. The van der Waals surface area contributed by atoms with Crippen LogP contribution in [0, 0.1) is 20.5 Å². The van der Waals surface area contributed by atoms with E-state index >= 15 is 0 Å². The summed E-state index contributed by atoms with van der Waals surface area (Å²) < 4.78 is 65.4. The highest BCUT2D eigenvalue weighted by molar-refractivity contribution is 4.78. The zero-order chi connectivity index (χ0) is 13.7. The van der Waals surface area contributed by atoms with Crippen LogP contribution in [-0.4, -0.2) is 52.0 Å². The molecule has 2 fully saturated rings. The Morgan fingerprint density at radius 2 is 0.824 bits per heavy atom. The Morgan fingerprint density at radius 1 is 0.647 bits per heavy atom. The summed E-state index contributed by atoms with van der Waals surface area (Å²) in [5.41, 5.74) is 0. The molecule has 2 aliphatic rings. The smallest absolute Gasteiger partial charge is 0.0777 e. The van der Waals surface area contributed by atoms with Crippen molar-refractivity contribution < 1.29 is 57.8 Å². The quantitative estimate of drug-likeness (QED) is 0.435. The van der Waals surface area contributed by atoms with Gasteiger partial charge >= 0.3 is 0 Å². The fourth-order valence-corrected chi connectivity index (χ4v) is 1.35. The molecule has 2 saturated heterocycles. The number of halogens is 2. The predicted octanol–water partition coefficient (Wildman–Crippen LogP) is -8.67. The van der Waals surface area contributed by atoms with Crippen molar-refractivity contribution in [2.75, 3.05) is 32.8 Å². The Hall–Kier alpha value is 0.180. The molecule has 2 bridgehead atoms. The Balaban J connectivity index is 0.000000235. The van der Waals surface area contributed by atoms with Crippen molar-refractivity contribution in [1.29, 1.82) is 0 Å². The monoisotopic (exact) mass is 298 g/mol. The van der Waals surface area contributed by atoms with Gasteiger partial charge in [-0.15, -0.1) is 0 Å². The van der Waals surface area contributed by atoms with Gasteiger partial charge in [0.2, 0.25) is 0 Å². The molecule has 104 valence electrons. The average Bonchev–Trinajstić information content (AvgIpc) is 2.57. The molecule has 0 radical (unpaired) electrons. The summed E-state index contributed by atoms with van der Waals surface area (Å²) in [6.07, 6.45) is 0. The van der Waals surface area contributed by atoms with Crippen molar-refractivity contribution in [3.63, 3.8) is 0 Å². The van der Waals surface area contributed by atoms with Gasteiger partial charge < -0.3 is 0 Å². The maximum absolute atomic E-state index is 8.60. The third-order valence-electron chi connectivity index (χ3n) is 1.86. The van der Waals surface area contributed by atoms with Crippen molar-refractivity contribution in [1.82, 2.24) is 9.80 Å². The van der Waals surface area contributed by atoms with Crippen LogP contribution in [-0.2, 0) is 0 Å². The van der Waals surface area contributed by atoms with E-state index in [9.17, 15) is 0 Å². The fraction of sp³-hybridized carbons (Fsp3) is 1.00. The minimum atomic E-state index is -4.69. The van der Waals surface area contributed by atoms with E-state index in [1.165, 1.54) is 32.8 Å². The average molecular weight is 299 g/mol. The Bertz CT molecular complexity index is 177. The summed E-state index contributed by atoms with van der Waals surface area (Å²) in [6, 6.07) is 0. The van der Waals surface area contributed by atoms with Crippen LogP contribution in [0.4, 0.5) is 0 Å². The van der Waals surface area contributed by atoms with Gasteiger partial charge in [0.25, 0.3) is 0 Å². The van der Waals surface area contributed by atoms with Crippen molar-refractivity contribution in [3.05, 3.63) is 0 Å².